The number of rotatable bonds is 9. The fourth-order valence-electron chi connectivity index (χ4n) is 2.64. The second-order valence-corrected chi connectivity index (χ2v) is 6.50. The molecule has 3 rings (SSSR count). The van der Waals surface area contributed by atoms with Gasteiger partial charge in [-0.15, -0.1) is 0 Å². The zero-order chi connectivity index (χ0) is 20.5. The first kappa shape index (κ1) is 20.1. The number of carbonyl (C=O) groups is 2. The van der Waals surface area contributed by atoms with Gasteiger partial charge >= 0.3 is 5.97 Å². The molecule has 1 aromatic heterocycles. The van der Waals surface area contributed by atoms with Crippen LogP contribution in [0.1, 0.15) is 34.3 Å². The average molecular weight is 390 g/mol. The lowest BCUT2D eigenvalue weighted by molar-refractivity contribution is -0.144. The molecule has 1 heterocycles. The van der Waals surface area contributed by atoms with E-state index in [2.05, 4.69) is 4.98 Å². The van der Waals surface area contributed by atoms with Crippen LogP contribution in [0, 0.1) is 0 Å². The normalized spacial score (nSPS) is 10.3. The highest BCUT2D eigenvalue weighted by Crippen LogP contribution is 2.15. The van der Waals surface area contributed by atoms with Crippen molar-refractivity contribution in [2.24, 2.45) is 0 Å². The van der Waals surface area contributed by atoms with Crippen molar-refractivity contribution in [2.75, 3.05) is 5.73 Å². The number of hydrogen-bond acceptors (Lipinski definition) is 6. The number of nitrogens with zero attached hydrogens (tertiary/aromatic N) is 1. The second kappa shape index (κ2) is 10.0. The number of hydrogen-bond donors (Lipinski definition) is 1. The van der Waals surface area contributed by atoms with E-state index in [0.29, 0.717) is 17.9 Å². The Morgan fingerprint density at radius 1 is 0.862 bits per heavy atom. The number of nitrogens with two attached hydrogens (primary N) is 1. The summed E-state index contributed by atoms with van der Waals surface area (Å²) in [7, 11) is 0. The van der Waals surface area contributed by atoms with Gasteiger partial charge in [0.15, 0.2) is 5.78 Å². The van der Waals surface area contributed by atoms with Gasteiger partial charge in [-0.2, -0.15) is 0 Å². The summed E-state index contributed by atoms with van der Waals surface area (Å²) in [5.41, 5.74) is 8.57. The second-order valence-electron chi connectivity index (χ2n) is 6.50. The SMILES string of the molecule is Nc1cccc(C(=O)CCC(=O)OCc2ccc(OCc3ccncc3)cc2)c1. The molecule has 6 heteroatoms. The summed E-state index contributed by atoms with van der Waals surface area (Å²) in [5.74, 6) is 0.176. The largest absolute Gasteiger partial charge is 0.489 e. The highest BCUT2D eigenvalue weighted by molar-refractivity contribution is 5.98. The molecule has 0 aliphatic carbocycles. The van der Waals surface area contributed by atoms with Crippen LogP contribution >= 0.6 is 0 Å². The number of aromatic nitrogens is 1. The van der Waals surface area contributed by atoms with Crippen molar-refractivity contribution in [2.45, 2.75) is 26.1 Å². The van der Waals surface area contributed by atoms with E-state index in [1.165, 1.54) is 0 Å². The van der Waals surface area contributed by atoms with Crippen LogP contribution in [0.15, 0.2) is 73.1 Å². The molecule has 3 aromatic rings. The van der Waals surface area contributed by atoms with E-state index in [4.69, 9.17) is 15.2 Å². The molecule has 2 N–H and O–H groups in total. The van der Waals surface area contributed by atoms with E-state index in [-0.39, 0.29) is 25.2 Å². The van der Waals surface area contributed by atoms with Gasteiger partial charge in [-0.3, -0.25) is 14.6 Å². The molecule has 0 bridgehead atoms. The van der Waals surface area contributed by atoms with Crippen LogP contribution in [0.4, 0.5) is 5.69 Å². The third-order valence-corrected chi connectivity index (χ3v) is 4.24. The lowest BCUT2D eigenvalue weighted by Crippen LogP contribution is -2.08. The third-order valence-electron chi connectivity index (χ3n) is 4.24. The van der Waals surface area contributed by atoms with E-state index in [9.17, 15) is 9.59 Å². The Labute approximate surface area is 169 Å². The van der Waals surface area contributed by atoms with Crippen LogP contribution in [0.25, 0.3) is 0 Å². The monoisotopic (exact) mass is 390 g/mol. The lowest BCUT2D eigenvalue weighted by atomic mass is 10.1. The Balaban J connectivity index is 1.40. The smallest absolute Gasteiger partial charge is 0.306 e. The van der Waals surface area contributed by atoms with Crippen LogP contribution in [0.2, 0.25) is 0 Å². The minimum atomic E-state index is -0.416. The van der Waals surface area contributed by atoms with Crippen LogP contribution in [0.5, 0.6) is 5.75 Å². The summed E-state index contributed by atoms with van der Waals surface area (Å²) in [4.78, 5) is 28.0. The molecule has 0 fully saturated rings. The fourth-order valence-corrected chi connectivity index (χ4v) is 2.64. The van der Waals surface area contributed by atoms with E-state index in [1.807, 2.05) is 36.4 Å². The molecule has 0 aliphatic rings. The fraction of sp³-hybridized carbons (Fsp3) is 0.174. The maximum absolute atomic E-state index is 12.1. The molecule has 2 aromatic carbocycles. The number of anilines is 1. The number of nitrogen functional groups attached to an aromatic ring is 1. The summed E-state index contributed by atoms with van der Waals surface area (Å²) in [6.07, 6.45) is 3.56. The number of esters is 1. The van der Waals surface area contributed by atoms with Gasteiger partial charge in [0.1, 0.15) is 19.0 Å². The van der Waals surface area contributed by atoms with E-state index >= 15 is 0 Å². The van der Waals surface area contributed by atoms with Crippen molar-refractivity contribution >= 4 is 17.4 Å². The Kier molecular flexibility index (Phi) is 6.95. The minimum Gasteiger partial charge on any atom is -0.489 e. The zero-order valence-electron chi connectivity index (χ0n) is 15.9. The quantitative estimate of drug-likeness (QED) is 0.338. The molecular formula is C23H22N2O4. The predicted molar refractivity (Wildman–Crippen MR) is 109 cm³/mol. The van der Waals surface area contributed by atoms with Gasteiger partial charge in [0.05, 0.1) is 6.42 Å². The van der Waals surface area contributed by atoms with Crippen molar-refractivity contribution < 1.29 is 19.1 Å². The Hall–Kier alpha value is -3.67. The van der Waals surface area contributed by atoms with Crippen molar-refractivity contribution in [1.29, 1.82) is 0 Å². The highest BCUT2D eigenvalue weighted by Gasteiger charge is 2.11. The minimum absolute atomic E-state index is 0.0285. The summed E-state index contributed by atoms with van der Waals surface area (Å²) in [5, 5.41) is 0. The molecular weight excluding hydrogens is 368 g/mol. The average Bonchev–Trinajstić information content (AvgIpc) is 2.76. The van der Waals surface area contributed by atoms with Gasteiger partial charge in [0.25, 0.3) is 0 Å². The van der Waals surface area contributed by atoms with Crippen LogP contribution < -0.4 is 10.5 Å². The molecule has 0 spiro atoms. The van der Waals surface area contributed by atoms with Crippen molar-refractivity contribution in [3.05, 3.63) is 89.7 Å². The van der Waals surface area contributed by atoms with Gasteiger partial charge in [0, 0.05) is 30.1 Å². The third kappa shape index (κ3) is 6.46. The summed E-state index contributed by atoms with van der Waals surface area (Å²) < 4.78 is 10.9. The maximum atomic E-state index is 12.1. The number of benzene rings is 2. The van der Waals surface area contributed by atoms with Gasteiger partial charge in [-0.05, 0) is 47.5 Å². The molecule has 29 heavy (non-hydrogen) atoms. The number of ketones is 1. The van der Waals surface area contributed by atoms with Gasteiger partial charge in [-0.1, -0.05) is 24.3 Å². The van der Waals surface area contributed by atoms with Gasteiger partial charge in [0.2, 0.25) is 0 Å². The molecule has 0 amide bonds. The number of ether oxygens (including phenoxy) is 2. The molecule has 0 unspecified atom stereocenters. The maximum Gasteiger partial charge on any atom is 0.306 e. The molecule has 6 nitrogen and oxygen atoms in total. The Morgan fingerprint density at radius 2 is 1.59 bits per heavy atom. The number of carbonyl (C=O) groups excluding carboxylic acids is 2. The van der Waals surface area contributed by atoms with Gasteiger partial charge in [-0.25, -0.2) is 0 Å². The highest BCUT2D eigenvalue weighted by atomic mass is 16.5. The van der Waals surface area contributed by atoms with Crippen molar-refractivity contribution in [1.82, 2.24) is 4.98 Å². The summed E-state index contributed by atoms with van der Waals surface area (Å²) in [6, 6.07) is 17.8. The molecule has 148 valence electrons. The molecule has 0 saturated carbocycles. The molecule has 0 saturated heterocycles. The first-order valence-electron chi connectivity index (χ1n) is 9.25. The Morgan fingerprint density at radius 3 is 2.31 bits per heavy atom. The number of Topliss-reactive ketones (excluding diaryl/α,β-unsaturated/α-hetero) is 1. The number of pyridine rings is 1. The first-order valence-corrected chi connectivity index (χ1v) is 9.25. The van der Waals surface area contributed by atoms with Crippen LogP contribution in [-0.2, 0) is 22.7 Å². The van der Waals surface area contributed by atoms with Gasteiger partial charge < -0.3 is 15.2 Å². The van der Waals surface area contributed by atoms with Crippen molar-refractivity contribution in [3.63, 3.8) is 0 Å². The predicted octanol–water partition coefficient (Wildman–Crippen LogP) is 3.95. The van der Waals surface area contributed by atoms with E-state index in [0.717, 1.165) is 16.9 Å². The molecule has 0 atom stereocenters. The standard InChI is InChI=1S/C23H22N2O4/c24-20-3-1-2-19(14-20)22(26)8-9-23(27)29-16-17-4-6-21(7-5-17)28-15-18-10-12-25-13-11-18/h1-7,10-14H,8-9,15-16,24H2. The lowest BCUT2D eigenvalue weighted by Gasteiger charge is -2.08. The topological polar surface area (TPSA) is 91.5 Å². The zero-order valence-corrected chi connectivity index (χ0v) is 15.9. The van der Waals surface area contributed by atoms with Crippen LogP contribution in [0.3, 0.4) is 0 Å². The molecule has 0 radical (unpaired) electrons. The first-order chi connectivity index (χ1) is 14.1. The van der Waals surface area contributed by atoms with E-state index in [1.54, 1.807) is 36.7 Å². The summed E-state index contributed by atoms with van der Waals surface area (Å²) >= 11 is 0. The Bertz CT molecular complexity index is 956. The van der Waals surface area contributed by atoms with Crippen LogP contribution in [-0.4, -0.2) is 16.7 Å². The molecule has 0 aliphatic heterocycles. The summed E-state index contributed by atoms with van der Waals surface area (Å²) in [6.45, 7) is 0.605. The van der Waals surface area contributed by atoms with Crippen molar-refractivity contribution in [3.8, 4) is 5.75 Å². The van der Waals surface area contributed by atoms with E-state index < -0.39 is 5.97 Å².